The van der Waals surface area contributed by atoms with Crippen LogP contribution in [0, 0.1) is 10.1 Å². The second kappa shape index (κ2) is 7.22. The molecule has 0 aliphatic carbocycles. The number of piperazine rings is 1. The molecule has 3 rings (SSSR count). The van der Waals surface area contributed by atoms with Gasteiger partial charge in [-0.3, -0.25) is 20.3 Å². The molecule has 1 aliphatic heterocycles. The minimum Gasteiger partial charge on any atom is -0.451 e. The highest BCUT2D eigenvalue weighted by Gasteiger charge is 2.20. The number of rotatable bonds is 4. The monoisotopic (exact) mass is 364 g/mol. The van der Waals surface area contributed by atoms with Crippen LogP contribution in [0.3, 0.4) is 0 Å². The SMILES string of the molecule is CN1CCN(NC(=O)c2ccc(-c3ccc([N+](=O)[O-])cc3Cl)o2)CC1. The molecule has 1 aliphatic rings. The normalized spacial score (nSPS) is 15.9. The average molecular weight is 365 g/mol. The van der Waals surface area contributed by atoms with Crippen LogP contribution in [0.5, 0.6) is 0 Å². The molecule has 0 atom stereocenters. The Morgan fingerprint density at radius 1 is 1.24 bits per heavy atom. The van der Waals surface area contributed by atoms with Gasteiger partial charge in [0.2, 0.25) is 0 Å². The molecule has 1 saturated heterocycles. The molecule has 0 bridgehead atoms. The molecule has 1 N–H and O–H groups in total. The zero-order valence-corrected chi connectivity index (χ0v) is 14.3. The topological polar surface area (TPSA) is 91.9 Å². The van der Waals surface area contributed by atoms with Crippen molar-refractivity contribution >= 4 is 23.2 Å². The number of furan rings is 1. The third kappa shape index (κ3) is 3.98. The number of nitro benzene ring substituents is 1. The van der Waals surface area contributed by atoms with E-state index in [0.717, 1.165) is 26.2 Å². The van der Waals surface area contributed by atoms with Crippen molar-refractivity contribution in [2.75, 3.05) is 33.2 Å². The summed E-state index contributed by atoms with van der Waals surface area (Å²) in [7, 11) is 2.03. The number of nitrogens with one attached hydrogen (secondary N) is 1. The van der Waals surface area contributed by atoms with Gasteiger partial charge in [0.25, 0.3) is 5.69 Å². The number of carbonyl (C=O) groups excluding carboxylic acids is 1. The summed E-state index contributed by atoms with van der Waals surface area (Å²) >= 11 is 6.09. The second-order valence-electron chi connectivity index (χ2n) is 5.82. The first-order valence-corrected chi connectivity index (χ1v) is 8.10. The van der Waals surface area contributed by atoms with E-state index in [9.17, 15) is 14.9 Å². The third-order valence-electron chi connectivity index (χ3n) is 4.02. The standard InChI is InChI=1S/C16H17ClN4O4/c1-19-6-8-20(9-7-19)18-16(22)15-5-4-14(25-15)12-3-2-11(21(23)24)10-13(12)17/h2-5,10H,6-9H2,1H3,(H,18,22). The molecule has 25 heavy (non-hydrogen) atoms. The minimum atomic E-state index is -0.521. The maximum Gasteiger partial charge on any atom is 0.301 e. The Kier molecular flexibility index (Phi) is 5.03. The van der Waals surface area contributed by atoms with Crippen molar-refractivity contribution in [2.24, 2.45) is 0 Å². The van der Waals surface area contributed by atoms with Gasteiger partial charge in [-0.2, -0.15) is 0 Å². The number of nitro groups is 1. The molecule has 1 aromatic heterocycles. The Balaban J connectivity index is 1.71. The number of carbonyl (C=O) groups is 1. The van der Waals surface area contributed by atoms with Gasteiger partial charge in [0.1, 0.15) is 5.76 Å². The van der Waals surface area contributed by atoms with Crippen LogP contribution in [0.4, 0.5) is 5.69 Å². The van der Waals surface area contributed by atoms with E-state index >= 15 is 0 Å². The van der Waals surface area contributed by atoms with Crippen LogP contribution in [0.1, 0.15) is 10.6 Å². The third-order valence-corrected chi connectivity index (χ3v) is 4.33. The summed E-state index contributed by atoms with van der Waals surface area (Å²) in [5.74, 6) is 0.195. The van der Waals surface area contributed by atoms with Gasteiger partial charge in [-0.25, -0.2) is 5.01 Å². The summed E-state index contributed by atoms with van der Waals surface area (Å²) in [4.78, 5) is 24.7. The number of non-ortho nitro benzene ring substituents is 1. The predicted octanol–water partition coefficient (Wildman–Crippen LogP) is 2.40. The maximum absolute atomic E-state index is 12.3. The number of likely N-dealkylation sites (N-methyl/N-ethyl adjacent to an activating group) is 1. The zero-order chi connectivity index (χ0) is 18.0. The Morgan fingerprint density at radius 2 is 1.96 bits per heavy atom. The number of halogens is 1. The molecule has 9 heteroatoms. The molecular weight excluding hydrogens is 348 g/mol. The molecule has 0 unspecified atom stereocenters. The lowest BCUT2D eigenvalue weighted by Crippen LogP contribution is -2.52. The lowest BCUT2D eigenvalue weighted by molar-refractivity contribution is -0.384. The van der Waals surface area contributed by atoms with E-state index in [2.05, 4.69) is 10.3 Å². The fourth-order valence-corrected chi connectivity index (χ4v) is 2.81. The molecule has 0 radical (unpaired) electrons. The number of nitrogens with zero attached hydrogens (tertiary/aromatic N) is 3. The minimum absolute atomic E-state index is 0.103. The fourth-order valence-electron chi connectivity index (χ4n) is 2.54. The lowest BCUT2D eigenvalue weighted by Gasteiger charge is -2.32. The Hall–Kier alpha value is -2.42. The van der Waals surface area contributed by atoms with Crippen LogP contribution in [0.2, 0.25) is 5.02 Å². The molecule has 2 aromatic rings. The highest BCUT2D eigenvalue weighted by Crippen LogP contribution is 2.32. The van der Waals surface area contributed by atoms with Crippen molar-refractivity contribution in [2.45, 2.75) is 0 Å². The average Bonchev–Trinajstić information content (AvgIpc) is 3.06. The van der Waals surface area contributed by atoms with Crippen molar-refractivity contribution in [1.29, 1.82) is 0 Å². The molecule has 8 nitrogen and oxygen atoms in total. The highest BCUT2D eigenvalue weighted by atomic mass is 35.5. The summed E-state index contributed by atoms with van der Waals surface area (Å²) in [6.07, 6.45) is 0. The largest absolute Gasteiger partial charge is 0.451 e. The van der Waals surface area contributed by atoms with Gasteiger partial charge in [0.15, 0.2) is 5.76 Å². The van der Waals surface area contributed by atoms with Crippen LogP contribution in [0.25, 0.3) is 11.3 Å². The number of hydrazine groups is 1. The number of benzene rings is 1. The summed E-state index contributed by atoms with van der Waals surface area (Å²) in [6, 6.07) is 7.27. The lowest BCUT2D eigenvalue weighted by atomic mass is 10.1. The van der Waals surface area contributed by atoms with Crippen molar-refractivity contribution in [3.63, 3.8) is 0 Å². The summed E-state index contributed by atoms with van der Waals surface area (Å²) in [6.45, 7) is 3.23. The molecule has 0 spiro atoms. The maximum atomic E-state index is 12.3. The van der Waals surface area contributed by atoms with Crippen molar-refractivity contribution in [1.82, 2.24) is 15.3 Å². The van der Waals surface area contributed by atoms with Crippen molar-refractivity contribution in [3.8, 4) is 11.3 Å². The van der Waals surface area contributed by atoms with E-state index in [-0.39, 0.29) is 22.4 Å². The summed E-state index contributed by atoms with van der Waals surface area (Å²) in [5.41, 5.74) is 3.20. The highest BCUT2D eigenvalue weighted by molar-refractivity contribution is 6.33. The van der Waals surface area contributed by atoms with Crippen molar-refractivity contribution < 1.29 is 14.1 Å². The van der Waals surface area contributed by atoms with Crippen LogP contribution in [0.15, 0.2) is 34.7 Å². The molecule has 1 amide bonds. The van der Waals surface area contributed by atoms with Crippen LogP contribution >= 0.6 is 11.6 Å². The van der Waals surface area contributed by atoms with E-state index in [1.807, 2.05) is 12.1 Å². The molecule has 2 heterocycles. The quantitative estimate of drug-likeness (QED) is 0.661. The van der Waals surface area contributed by atoms with E-state index in [4.69, 9.17) is 16.0 Å². The van der Waals surface area contributed by atoms with Crippen molar-refractivity contribution in [3.05, 3.63) is 51.2 Å². The van der Waals surface area contributed by atoms with Gasteiger partial charge < -0.3 is 9.32 Å². The Labute approximate surface area is 149 Å². The number of hydrogen-bond acceptors (Lipinski definition) is 6. The van der Waals surface area contributed by atoms with Gasteiger partial charge in [0, 0.05) is 43.9 Å². The van der Waals surface area contributed by atoms with Crippen LogP contribution in [-0.4, -0.2) is 54.0 Å². The van der Waals surface area contributed by atoms with E-state index in [1.54, 1.807) is 12.1 Å². The van der Waals surface area contributed by atoms with Gasteiger partial charge in [-0.05, 0) is 25.2 Å². The number of hydrogen-bond donors (Lipinski definition) is 1. The molecule has 132 valence electrons. The molecular formula is C16H17ClN4O4. The molecule has 1 aromatic carbocycles. The zero-order valence-electron chi connectivity index (χ0n) is 13.6. The fraction of sp³-hybridized carbons (Fsp3) is 0.312. The second-order valence-corrected chi connectivity index (χ2v) is 6.22. The van der Waals surface area contributed by atoms with Gasteiger partial charge >= 0.3 is 5.91 Å². The molecule has 0 saturated carbocycles. The first-order chi connectivity index (χ1) is 11.9. The Bertz CT molecular complexity index is 799. The van der Waals surface area contributed by atoms with E-state index in [1.165, 1.54) is 18.2 Å². The van der Waals surface area contributed by atoms with Gasteiger partial charge in [0.05, 0.1) is 9.95 Å². The summed E-state index contributed by atoms with van der Waals surface area (Å²) in [5, 5.41) is 12.8. The first kappa shape index (κ1) is 17.4. The van der Waals surface area contributed by atoms with E-state index in [0.29, 0.717) is 11.3 Å². The molecule has 1 fully saturated rings. The first-order valence-electron chi connectivity index (χ1n) is 7.72. The number of amides is 1. The van der Waals surface area contributed by atoms with E-state index < -0.39 is 4.92 Å². The summed E-state index contributed by atoms with van der Waals surface area (Å²) < 4.78 is 5.57. The smallest absolute Gasteiger partial charge is 0.301 e. The van der Waals surface area contributed by atoms with Crippen LogP contribution in [-0.2, 0) is 0 Å². The Morgan fingerprint density at radius 3 is 2.60 bits per heavy atom. The van der Waals surface area contributed by atoms with Gasteiger partial charge in [-0.15, -0.1) is 0 Å². The van der Waals surface area contributed by atoms with Gasteiger partial charge in [-0.1, -0.05) is 11.6 Å². The van der Waals surface area contributed by atoms with Crippen LogP contribution < -0.4 is 5.43 Å². The predicted molar refractivity (Wildman–Crippen MR) is 92.3 cm³/mol.